The number of carboxylic acid groups (broad SMARTS) is 1. The van der Waals surface area contributed by atoms with Crippen molar-refractivity contribution in [3.63, 3.8) is 0 Å². The standard InChI is InChI=1S/C16H16ClN5O2S/c1-2-11(15(23)24)25-16-21-12-13(18)19-8-20-14(12)22(16)7-9-3-5-10(17)6-4-9/h3-6,8,11H,2,7H2,1H3,(H,23,24)(H2,18,19,20). The van der Waals surface area contributed by atoms with E-state index in [2.05, 4.69) is 15.0 Å². The number of aromatic nitrogens is 4. The molecule has 2 heterocycles. The number of carboxylic acids is 1. The zero-order valence-electron chi connectivity index (χ0n) is 13.4. The molecule has 3 N–H and O–H groups in total. The molecule has 3 rings (SSSR count). The van der Waals surface area contributed by atoms with Gasteiger partial charge < -0.3 is 10.8 Å². The van der Waals surface area contributed by atoms with Crippen molar-refractivity contribution in [1.29, 1.82) is 0 Å². The van der Waals surface area contributed by atoms with E-state index in [4.69, 9.17) is 17.3 Å². The molecule has 0 saturated heterocycles. The summed E-state index contributed by atoms with van der Waals surface area (Å²) in [5.41, 5.74) is 7.94. The Bertz CT molecular complexity index is 913. The minimum absolute atomic E-state index is 0.269. The Hall–Kier alpha value is -2.32. The number of aliphatic carboxylic acids is 1. The van der Waals surface area contributed by atoms with Crippen LogP contribution in [0.3, 0.4) is 0 Å². The number of carbonyl (C=O) groups is 1. The van der Waals surface area contributed by atoms with Crippen LogP contribution in [-0.4, -0.2) is 35.8 Å². The van der Waals surface area contributed by atoms with Crippen molar-refractivity contribution >= 4 is 46.3 Å². The Kier molecular flexibility index (Phi) is 5.10. The van der Waals surface area contributed by atoms with Crippen molar-refractivity contribution in [3.8, 4) is 0 Å². The Labute approximate surface area is 153 Å². The number of hydrogen-bond donors (Lipinski definition) is 2. The van der Waals surface area contributed by atoms with E-state index in [1.54, 1.807) is 12.1 Å². The zero-order valence-corrected chi connectivity index (χ0v) is 15.0. The van der Waals surface area contributed by atoms with Crippen LogP contribution in [0.15, 0.2) is 35.7 Å². The molecule has 1 aromatic carbocycles. The van der Waals surface area contributed by atoms with Crippen LogP contribution < -0.4 is 5.73 Å². The number of nitrogen functional groups attached to an aromatic ring is 1. The van der Waals surface area contributed by atoms with Crippen LogP contribution in [-0.2, 0) is 11.3 Å². The van der Waals surface area contributed by atoms with Gasteiger partial charge in [0, 0.05) is 5.02 Å². The van der Waals surface area contributed by atoms with E-state index in [-0.39, 0.29) is 5.82 Å². The summed E-state index contributed by atoms with van der Waals surface area (Å²) >= 11 is 7.12. The second kappa shape index (κ2) is 7.28. The third kappa shape index (κ3) is 3.69. The Morgan fingerprint density at radius 3 is 2.72 bits per heavy atom. The average Bonchev–Trinajstić information content (AvgIpc) is 2.93. The lowest BCUT2D eigenvalue weighted by atomic mass is 10.2. The first-order valence-corrected chi connectivity index (χ1v) is 8.86. The summed E-state index contributed by atoms with van der Waals surface area (Å²) < 4.78 is 1.85. The molecule has 0 aliphatic heterocycles. The van der Waals surface area contributed by atoms with Crippen LogP contribution in [0.25, 0.3) is 11.2 Å². The van der Waals surface area contributed by atoms with Gasteiger partial charge in [0.15, 0.2) is 22.1 Å². The lowest BCUT2D eigenvalue weighted by molar-refractivity contribution is -0.136. The molecule has 7 nitrogen and oxygen atoms in total. The molecular weight excluding hydrogens is 362 g/mol. The van der Waals surface area contributed by atoms with Crippen LogP contribution in [0, 0.1) is 0 Å². The summed E-state index contributed by atoms with van der Waals surface area (Å²) in [6.07, 6.45) is 1.85. The zero-order chi connectivity index (χ0) is 18.0. The maximum atomic E-state index is 11.4. The molecule has 0 radical (unpaired) electrons. The van der Waals surface area contributed by atoms with Gasteiger partial charge in [-0.3, -0.25) is 9.36 Å². The summed E-state index contributed by atoms with van der Waals surface area (Å²) in [4.78, 5) is 24.1. The van der Waals surface area contributed by atoms with E-state index in [0.29, 0.717) is 34.3 Å². The van der Waals surface area contributed by atoms with Crippen molar-refractivity contribution < 1.29 is 9.90 Å². The number of anilines is 1. The fourth-order valence-electron chi connectivity index (χ4n) is 2.37. The van der Waals surface area contributed by atoms with Gasteiger partial charge in [-0.25, -0.2) is 15.0 Å². The minimum atomic E-state index is -0.878. The van der Waals surface area contributed by atoms with E-state index in [0.717, 1.165) is 5.56 Å². The molecule has 0 fully saturated rings. The van der Waals surface area contributed by atoms with E-state index >= 15 is 0 Å². The largest absolute Gasteiger partial charge is 0.480 e. The number of hydrogen-bond acceptors (Lipinski definition) is 6. The fraction of sp³-hybridized carbons (Fsp3) is 0.250. The highest BCUT2D eigenvalue weighted by Crippen LogP contribution is 2.30. The normalized spacial score (nSPS) is 12.4. The van der Waals surface area contributed by atoms with Crippen LogP contribution >= 0.6 is 23.4 Å². The van der Waals surface area contributed by atoms with Crippen LogP contribution in [0.1, 0.15) is 18.9 Å². The number of rotatable bonds is 6. The fourth-order valence-corrected chi connectivity index (χ4v) is 3.44. The quantitative estimate of drug-likeness (QED) is 0.635. The van der Waals surface area contributed by atoms with E-state index in [9.17, 15) is 9.90 Å². The summed E-state index contributed by atoms with van der Waals surface area (Å²) in [6, 6.07) is 7.42. The van der Waals surface area contributed by atoms with Gasteiger partial charge in [-0.2, -0.15) is 0 Å². The predicted molar refractivity (Wildman–Crippen MR) is 97.9 cm³/mol. The number of benzene rings is 1. The van der Waals surface area contributed by atoms with Gasteiger partial charge in [-0.15, -0.1) is 0 Å². The molecule has 25 heavy (non-hydrogen) atoms. The summed E-state index contributed by atoms with van der Waals surface area (Å²) in [5.74, 6) is -0.610. The minimum Gasteiger partial charge on any atom is -0.480 e. The summed E-state index contributed by atoms with van der Waals surface area (Å²) in [5, 5.41) is 9.95. The first kappa shape index (κ1) is 17.5. The number of nitrogens with zero attached hydrogens (tertiary/aromatic N) is 4. The molecule has 0 aliphatic rings. The highest BCUT2D eigenvalue weighted by atomic mass is 35.5. The monoisotopic (exact) mass is 377 g/mol. The number of nitrogens with two attached hydrogens (primary N) is 1. The maximum Gasteiger partial charge on any atom is 0.317 e. The molecule has 0 saturated carbocycles. The van der Waals surface area contributed by atoms with Gasteiger partial charge in [0.2, 0.25) is 0 Å². The molecular formula is C16H16ClN5O2S. The van der Waals surface area contributed by atoms with Crippen LogP contribution in [0.2, 0.25) is 5.02 Å². The molecule has 3 aromatic rings. The second-order valence-electron chi connectivity index (χ2n) is 5.39. The highest BCUT2D eigenvalue weighted by molar-refractivity contribution is 8.00. The molecule has 0 spiro atoms. The van der Waals surface area contributed by atoms with E-state index in [1.165, 1.54) is 18.1 Å². The molecule has 1 unspecified atom stereocenters. The number of halogens is 1. The van der Waals surface area contributed by atoms with E-state index < -0.39 is 11.2 Å². The number of thioether (sulfide) groups is 1. The second-order valence-corrected chi connectivity index (χ2v) is 7.00. The van der Waals surface area contributed by atoms with Crippen molar-refractivity contribution in [2.24, 2.45) is 0 Å². The Morgan fingerprint density at radius 1 is 1.36 bits per heavy atom. The smallest absolute Gasteiger partial charge is 0.317 e. The van der Waals surface area contributed by atoms with Crippen LogP contribution in [0.4, 0.5) is 5.82 Å². The molecule has 0 amide bonds. The van der Waals surface area contributed by atoms with Crippen molar-refractivity contribution in [2.75, 3.05) is 5.73 Å². The van der Waals surface area contributed by atoms with Gasteiger partial charge >= 0.3 is 5.97 Å². The molecule has 9 heteroatoms. The number of imidazole rings is 1. The molecule has 2 aromatic heterocycles. The summed E-state index contributed by atoms with van der Waals surface area (Å²) in [6.45, 7) is 2.30. The molecule has 130 valence electrons. The summed E-state index contributed by atoms with van der Waals surface area (Å²) in [7, 11) is 0. The number of fused-ring (bicyclic) bond motifs is 1. The SMILES string of the molecule is CCC(Sc1nc2c(N)ncnc2n1Cc1ccc(Cl)cc1)C(=O)O. The lowest BCUT2D eigenvalue weighted by Gasteiger charge is -2.12. The highest BCUT2D eigenvalue weighted by Gasteiger charge is 2.22. The van der Waals surface area contributed by atoms with Crippen molar-refractivity contribution in [3.05, 3.63) is 41.2 Å². The van der Waals surface area contributed by atoms with E-state index in [1.807, 2.05) is 23.6 Å². The molecule has 1 atom stereocenters. The van der Waals surface area contributed by atoms with Crippen molar-refractivity contribution in [2.45, 2.75) is 30.3 Å². The van der Waals surface area contributed by atoms with Crippen LogP contribution in [0.5, 0.6) is 0 Å². The molecule has 0 aliphatic carbocycles. The predicted octanol–water partition coefficient (Wildman–Crippen LogP) is 3.07. The van der Waals surface area contributed by atoms with Gasteiger partial charge in [-0.1, -0.05) is 42.4 Å². The van der Waals surface area contributed by atoms with Gasteiger partial charge in [0.1, 0.15) is 11.6 Å². The average molecular weight is 378 g/mol. The maximum absolute atomic E-state index is 11.4. The first-order chi connectivity index (χ1) is 12.0. The third-order valence-corrected chi connectivity index (χ3v) is 5.27. The van der Waals surface area contributed by atoms with Gasteiger partial charge in [-0.05, 0) is 24.1 Å². The van der Waals surface area contributed by atoms with Gasteiger partial charge in [0.05, 0.1) is 6.54 Å². The lowest BCUT2D eigenvalue weighted by Crippen LogP contribution is -2.16. The first-order valence-electron chi connectivity index (χ1n) is 7.60. The topological polar surface area (TPSA) is 107 Å². The Morgan fingerprint density at radius 2 is 2.08 bits per heavy atom. The molecule has 0 bridgehead atoms. The van der Waals surface area contributed by atoms with Gasteiger partial charge in [0.25, 0.3) is 0 Å². The third-order valence-electron chi connectivity index (χ3n) is 3.67. The Balaban J connectivity index is 2.06. The van der Waals surface area contributed by atoms with Crippen molar-refractivity contribution in [1.82, 2.24) is 19.5 Å².